The number of hydrogen-bond acceptors (Lipinski definition) is 2. The van der Waals surface area contributed by atoms with Gasteiger partial charge in [0.05, 0.1) is 12.2 Å². The molecule has 1 N–H and O–H groups in total. The highest BCUT2D eigenvalue weighted by Gasteiger charge is 2.33. The molecule has 0 saturated carbocycles. The molecule has 0 bridgehead atoms. The Morgan fingerprint density at radius 1 is 1.25 bits per heavy atom. The van der Waals surface area contributed by atoms with E-state index in [1.54, 1.807) is 0 Å². The summed E-state index contributed by atoms with van der Waals surface area (Å²) in [7, 11) is 1.34. The van der Waals surface area contributed by atoms with Gasteiger partial charge in [0.2, 0.25) is 0 Å². The van der Waals surface area contributed by atoms with Crippen LogP contribution in [0.5, 0.6) is 0 Å². The third-order valence-corrected chi connectivity index (χ3v) is 2.55. The zero-order valence-corrected chi connectivity index (χ0v) is 9.01. The topological polar surface area (TPSA) is 29.5 Å². The Kier molecular flexibility index (Phi) is 3.60. The van der Waals surface area contributed by atoms with Crippen LogP contribution >= 0.6 is 0 Å². The van der Waals surface area contributed by atoms with Crippen LogP contribution in [0.1, 0.15) is 18.1 Å². The van der Waals surface area contributed by atoms with E-state index < -0.39 is 17.3 Å². The molecule has 1 unspecified atom stereocenters. The first kappa shape index (κ1) is 13.0. The van der Waals surface area contributed by atoms with Crippen molar-refractivity contribution in [2.24, 2.45) is 0 Å². The van der Waals surface area contributed by atoms with Crippen molar-refractivity contribution in [3.05, 3.63) is 35.4 Å². The molecule has 5 heteroatoms. The molecule has 0 heterocycles. The van der Waals surface area contributed by atoms with Crippen molar-refractivity contribution in [2.75, 3.05) is 13.7 Å². The minimum atomic E-state index is -4.39. The van der Waals surface area contributed by atoms with Crippen molar-refractivity contribution in [1.82, 2.24) is 0 Å². The molecule has 0 aliphatic rings. The molecule has 0 amide bonds. The van der Waals surface area contributed by atoms with Crippen molar-refractivity contribution >= 4 is 0 Å². The summed E-state index contributed by atoms with van der Waals surface area (Å²) in [4.78, 5) is 0. The monoisotopic (exact) mass is 234 g/mol. The van der Waals surface area contributed by atoms with Gasteiger partial charge in [-0.15, -0.1) is 0 Å². The molecular formula is C11H13F3O2. The molecule has 0 fully saturated rings. The maximum absolute atomic E-state index is 12.5. The minimum absolute atomic E-state index is 0.298. The molecule has 90 valence electrons. The van der Waals surface area contributed by atoms with E-state index in [0.717, 1.165) is 12.1 Å². The van der Waals surface area contributed by atoms with Crippen LogP contribution in [0.3, 0.4) is 0 Å². The Balaban J connectivity index is 3.17. The molecule has 0 saturated heterocycles. The van der Waals surface area contributed by atoms with E-state index in [0.29, 0.717) is 5.56 Å². The van der Waals surface area contributed by atoms with E-state index in [4.69, 9.17) is 9.84 Å². The second-order valence-electron chi connectivity index (χ2n) is 3.67. The molecule has 1 aromatic carbocycles. The zero-order chi connectivity index (χ0) is 12.4. The Labute approximate surface area is 91.7 Å². The number of hydrogen-bond donors (Lipinski definition) is 1. The average Bonchev–Trinajstić information content (AvgIpc) is 2.27. The maximum Gasteiger partial charge on any atom is 0.416 e. The van der Waals surface area contributed by atoms with Crippen LogP contribution in [0.4, 0.5) is 13.2 Å². The second-order valence-corrected chi connectivity index (χ2v) is 3.67. The highest BCUT2D eigenvalue weighted by Crippen LogP contribution is 2.32. The van der Waals surface area contributed by atoms with Crippen LogP contribution in [0.2, 0.25) is 0 Å². The summed E-state index contributed by atoms with van der Waals surface area (Å²) in [5.41, 5.74) is -1.56. The summed E-state index contributed by atoms with van der Waals surface area (Å²) in [5.74, 6) is 0. The lowest BCUT2D eigenvalue weighted by molar-refractivity contribution is -0.137. The average molecular weight is 234 g/mol. The van der Waals surface area contributed by atoms with Gasteiger partial charge in [-0.1, -0.05) is 12.1 Å². The zero-order valence-electron chi connectivity index (χ0n) is 9.01. The molecule has 2 nitrogen and oxygen atoms in total. The van der Waals surface area contributed by atoms with Crippen LogP contribution in [-0.2, 0) is 16.5 Å². The van der Waals surface area contributed by atoms with Gasteiger partial charge in [-0.05, 0) is 24.6 Å². The molecular weight excluding hydrogens is 221 g/mol. The number of ether oxygens (including phenoxy) is 1. The lowest BCUT2D eigenvalue weighted by Crippen LogP contribution is -2.29. The van der Waals surface area contributed by atoms with Gasteiger partial charge >= 0.3 is 6.18 Å². The first-order valence-electron chi connectivity index (χ1n) is 4.67. The fourth-order valence-corrected chi connectivity index (χ4v) is 1.30. The minimum Gasteiger partial charge on any atom is -0.393 e. The Morgan fingerprint density at radius 3 is 2.25 bits per heavy atom. The Hall–Kier alpha value is -1.07. The molecule has 0 aromatic heterocycles. The van der Waals surface area contributed by atoms with Gasteiger partial charge in [-0.25, -0.2) is 0 Å². The number of benzene rings is 1. The van der Waals surface area contributed by atoms with Gasteiger partial charge in [0, 0.05) is 7.11 Å². The summed E-state index contributed by atoms with van der Waals surface area (Å²) >= 11 is 0. The summed E-state index contributed by atoms with van der Waals surface area (Å²) < 4.78 is 42.4. The summed E-state index contributed by atoms with van der Waals surface area (Å²) in [6, 6.07) is 4.76. The standard InChI is InChI=1S/C11H13F3O2/c1-10(7-15,16-2)8-4-3-5-9(6-8)11(12,13)14/h3-6,15H,7H2,1-2H3. The Bertz CT molecular complexity index is 356. The fraction of sp³-hybridized carbons (Fsp3) is 0.455. The molecule has 1 rings (SSSR count). The van der Waals surface area contributed by atoms with E-state index in [2.05, 4.69) is 0 Å². The first-order chi connectivity index (χ1) is 7.33. The largest absolute Gasteiger partial charge is 0.416 e. The summed E-state index contributed by atoms with van der Waals surface area (Å²) in [6.07, 6.45) is -4.39. The molecule has 16 heavy (non-hydrogen) atoms. The molecule has 0 aliphatic heterocycles. The van der Waals surface area contributed by atoms with Crippen LogP contribution in [0, 0.1) is 0 Å². The Morgan fingerprint density at radius 2 is 1.81 bits per heavy atom. The number of aliphatic hydroxyl groups excluding tert-OH is 1. The second kappa shape index (κ2) is 4.43. The van der Waals surface area contributed by atoms with Crippen LogP contribution in [0.25, 0.3) is 0 Å². The predicted molar refractivity (Wildman–Crippen MR) is 52.9 cm³/mol. The highest BCUT2D eigenvalue weighted by atomic mass is 19.4. The van der Waals surface area contributed by atoms with E-state index in [1.165, 1.54) is 26.2 Å². The van der Waals surface area contributed by atoms with E-state index in [1.807, 2.05) is 0 Å². The maximum atomic E-state index is 12.5. The van der Waals surface area contributed by atoms with E-state index in [9.17, 15) is 13.2 Å². The van der Waals surface area contributed by atoms with E-state index in [-0.39, 0.29) is 6.61 Å². The van der Waals surface area contributed by atoms with Crippen LogP contribution in [0.15, 0.2) is 24.3 Å². The van der Waals surface area contributed by atoms with Crippen LogP contribution in [-0.4, -0.2) is 18.8 Å². The molecule has 1 atom stereocenters. The molecule has 0 radical (unpaired) electrons. The molecule has 0 aliphatic carbocycles. The van der Waals surface area contributed by atoms with Crippen LogP contribution < -0.4 is 0 Å². The first-order valence-corrected chi connectivity index (χ1v) is 4.67. The molecule has 1 aromatic rings. The van der Waals surface area contributed by atoms with Gasteiger partial charge in [0.1, 0.15) is 5.60 Å². The lowest BCUT2D eigenvalue weighted by atomic mass is 9.95. The quantitative estimate of drug-likeness (QED) is 0.870. The van der Waals surface area contributed by atoms with Crippen molar-refractivity contribution in [1.29, 1.82) is 0 Å². The summed E-state index contributed by atoms with van der Waals surface area (Å²) in [6.45, 7) is 1.15. The number of halogens is 3. The van der Waals surface area contributed by atoms with Crippen molar-refractivity contribution < 1.29 is 23.0 Å². The summed E-state index contributed by atoms with van der Waals surface area (Å²) in [5, 5.41) is 9.13. The lowest BCUT2D eigenvalue weighted by Gasteiger charge is -2.26. The number of aliphatic hydroxyl groups is 1. The van der Waals surface area contributed by atoms with Gasteiger partial charge in [-0.3, -0.25) is 0 Å². The van der Waals surface area contributed by atoms with Gasteiger partial charge in [-0.2, -0.15) is 13.2 Å². The van der Waals surface area contributed by atoms with Gasteiger partial charge in [0.15, 0.2) is 0 Å². The third kappa shape index (κ3) is 2.54. The number of alkyl halides is 3. The van der Waals surface area contributed by atoms with Crippen molar-refractivity contribution in [2.45, 2.75) is 18.7 Å². The normalized spacial score (nSPS) is 15.9. The van der Waals surface area contributed by atoms with Crippen molar-refractivity contribution in [3.8, 4) is 0 Å². The van der Waals surface area contributed by atoms with Crippen molar-refractivity contribution in [3.63, 3.8) is 0 Å². The highest BCUT2D eigenvalue weighted by molar-refractivity contribution is 5.29. The number of rotatable bonds is 3. The van der Waals surface area contributed by atoms with Gasteiger partial charge < -0.3 is 9.84 Å². The smallest absolute Gasteiger partial charge is 0.393 e. The predicted octanol–water partition coefficient (Wildman–Crippen LogP) is 2.56. The molecule has 0 spiro atoms. The third-order valence-electron chi connectivity index (χ3n) is 2.55. The SMILES string of the molecule is COC(C)(CO)c1cccc(C(F)(F)F)c1. The number of methoxy groups -OCH3 is 1. The van der Waals surface area contributed by atoms with E-state index >= 15 is 0 Å². The fourth-order valence-electron chi connectivity index (χ4n) is 1.30. The van der Waals surface area contributed by atoms with Gasteiger partial charge in [0.25, 0.3) is 0 Å².